The summed E-state index contributed by atoms with van der Waals surface area (Å²) in [5, 5.41) is 10.6. The maximum absolute atomic E-state index is 10.6. The third-order valence-electron chi connectivity index (χ3n) is 6.53. The number of nitrogens with zero attached hydrogens (tertiary/aromatic N) is 3. The molecular formula is C34H25N3O. The van der Waals surface area contributed by atoms with Gasteiger partial charge in [0.15, 0.2) is 17.5 Å². The van der Waals surface area contributed by atoms with Crippen molar-refractivity contribution in [1.82, 2.24) is 15.0 Å². The molecule has 1 N–H and O–H groups in total. The monoisotopic (exact) mass is 491 g/mol. The first kappa shape index (κ1) is 23.3. The van der Waals surface area contributed by atoms with Crippen molar-refractivity contribution in [3.05, 3.63) is 133 Å². The van der Waals surface area contributed by atoms with Crippen molar-refractivity contribution >= 4 is 0 Å². The lowest BCUT2D eigenvalue weighted by Crippen LogP contribution is -2.00. The number of aromatic hydroxyl groups is 1. The van der Waals surface area contributed by atoms with E-state index in [9.17, 15) is 5.11 Å². The Labute approximate surface area is 222 Å². The lowest BCUT2D eigenvalue weighted by Gasteiger charge is -2.11. The van der Waals surface area contributed by atoms with Gasteiger partial charge < -0.3 is 5.11 Å². The number of benzene rings is 5. The summed E-state index contributed by atoms with van der Waals surface area (Å²) in [6.45, 7) is 1.98. The van der Waals surface area contributed by atoms with E-state index in [1.165, 1.54) is 0 Å². The molecule has 0 saturated heterocycles. The molecule has 0 radical (unpaired) electrons. The molecule has 1 aromatic heterocycles. The standard InChI is InChI=1S/C34H25N3O/c1-23-12-21-31(38)30(22-23)34-36-32(28-17-13-26(14-18-28)24-8-4-2-5-9-24)35-33(37-34)29-19-15-27(16-20-29)25-10-6-3-7-11-25/h2-22,38H,1H3. The summed E-state index contributed by atoms with van der Waals surface area (Å²) in [5.74, 6) is 1.68. The second-order valence-electron chi connectivity index (χ2n) is 9.21. The Hall–Kier alpha value is -5.09. The lowest BCUT2D eigenvalue weighted by atomic mass is 10.0. The number of hydrogen-bond donors (Lipinski definition) is 1. The highest BCUT2D eigenvalue weighted by Gasteiger charge is 2.15. The topological polar surface area (TPSA) is 58.9 Å². The van der Waals surface area contributed by atoms with Crippen LogP contribution in [0, 0.1) is 6.92 Å². The van der Waals surface area contributed by atoms with Crippen LogP contribution >= 0.6 is 0 Å². The molecule has 0 bridgehead atoms. The third kappa shape index (κ3) is 4.80. The van der Waals surface area contributed by atoms with Crippen molar-refractivity contribution in [2.75, 3.05) is 0 Å². The van der Waals surface area contributed by atoms with Gasteiger partial charge in [-0.1, -0.05) is 121 Å². The fraction of sp³-hybridized carbons (Fsp3) is 0.0294. The summed E-state index contributed by atoms with van der Waals surface area (Å²) < 4.78 is 0. The van der Waals surface area contributed by atoms with Gasteiger partial charge in [-0.2, -0.15) is 0 Å². The zero-order valence-electron chi connectivity index (χ0n) is 20.9. The van der Waals surface area contributed by atoms with Gasteiger partial charge in [0.1, 0.15) is 5.75 Å². The molecule has 0 fully saturated rings. The van der Waals surface area contributed by atoms with Crippen LogP contribution < -0.4 is 0 Å². The van der Waals surface area contributed by atoms with E-state index < -0.39 is 0 Å². The first-order valence-electron chi connectivity index (χ1n) is 12.5. The van der Waals surface area contributed by atoms with Crippen LogP contribution in [-0.4, -0.2) is 20.1 Å². The summed E-state index contributed by atoms with van der Waals surface area (Å²) in [7, 11) is 0. The summed E-state index contributed by atoms with van der Waals surface area (Å²) in [4.78, 5) is 14.4. The Morgan fingerprint density at radius 2 is 0.816 bits per heavy atom. The Morgan fingerprint density at radius 3 is 1.29 bits per heavy atom. The number of phenols is 1. The van der Waals surface area contributed by atoms with Crippen molar-refractivity contribution in [1.29, 1.82) is 0 Å². The van der Waals surface area contributed by atoms with Gasteiger partial charge >= 0.3 is 0 Å². The molecule has 0 aliphatic heterocycles. The van der Waals surface area contributed by atoms with Gasteiger partial charge in [0.2, 0.25) is 0 Å². The highest BCUT2D eigenvalue weighted by atomic mass is 16.3. The van der Waals surface area contributed by atoms with E-state index in [2.05, 4.69) is 48.5 Å². The summed E-state index contributed by atoms with van der Waals surface area (Å²) in [6, 6.07) is 42.4. The average Bonchev–Trinajstić information content (AvgIpc) is 2.99. The van der Waals surface area contributed by atoms with Crippen LogP contribution in [-0.2, 0) is 0 Å². The number of hydrogen-bond acceptors (Lipinski definition) is 4. The minimum absolute atomic E-state index is 0.137. The van der Waals surface area contributed by atoms with E-state index in [1.54, 1.807) is 6.07 Å². The highest BCUT2D eigenvalue weighted by Crippen LogP contribution is 2.32. The van der Waals surface area contributed by atoms with Gasteiger partial charge in [-0.05, 0) is 41.3 Å². The van der Waals surface area contributed by atoms with Gasteiger partial charge in [-0.3, -0.25) is 0 Å². The Kier molecular flexibility index (Phi) is 6.20. The average molecular weight is 492 g/mol. The minimum Gasteiger partial charge on any atom is -0.507 e. The van der Waals surface area contributed by atoms with E-state index in [-0.39, 0.29) is 5.75 Å². The summed E-state index contributed by atoms with van der Waals surface area (Å²) in [5.41, 5.74) is 7.90. The number of aryl methyl sites for hydroxylation is 1. The molecule has 0 aliphatic carbocycles. The molecule has 0 atom stereocenters. The molecular weight excluding hydrogens is 466 g/mol. The second-order valence-corrected chi connectivity index (χ2v) is 9.21. The van der Waals surface area contributed by atoms with Crippen LogP contribution in [0.4, 0.5) is 0 Å². The molecule has 0 saturated carbocycles. The smallest absolute Gasteiger partial charge is 0.167 e. The van der Waals surface area contributed by atoms with E-state index >= 15 is 0 Å². The van der Waals surface area contributed by atoms with Crippen LogP contribution in [0.2, 0.25) is 0 Å². The molecule has 6 aromatic rings. The van der Waals surface area contributed by atoms with Crippen LogP contribution in [0.25, 0.3) is 56.4 Å². The Balaban J connectivity index is 1.44. The zero-order chi connectivity index (χ0) is 25.9. The molecule has 6 rings (SSSR count). The first-order valence-corrected chi connectivity index (χ1v) is 12.5. The number of rotatable bonds is 5. The normalized spacial score (nSPS) is 10.9. The number of aromatic nitrogens is 3. The second kappa shape index (κ2) is 10.1. The summed E-state index contributed by atoms with van der Waals surface area (Å²) >= 11 is 0. The van der Waals surface area contributed by atoms with Crippen molar-refractivity contribution in [2.24, 2.45) is 0 Å². The van der Waals surface area contributed by atoms with Crippen molar-refractivity contribution in [2.45, 2.75) is 6.92 Å². The van der Waals surface area contributed by atoms with Crippen LogP contribution in [0.15, 0.2) is 127 Å². The third-order valence-corrected chi connectivity index (χ3v) is 6.53. The van der Waals surface area contributed by atoms with Gasteiger partial charge in [-0.25, -0.2) is 15.0 Å². The van der Waals surface area contributed by atoms with E-state index in [0.717, 1.165) is 38.9 Å². The Bertz CT molecular complexity index is 1600. The van der Waals surface area contributed by atoms with Crippen molar-refractivity contribution in [3.8, 4) is 62.2 Å². The highest BCUT2D eigenvalue weighted by molar-refractivity contribution is 5.73. The molecule has 0 spiro atoms. The maximum atomic E-state index is 10.6. The van der Waals surface area contributed by atoms with Crippen LogP contribution in [0.5, 0.6) is 5.75 Å². The Morgan fingerprint density at radius 1 is 0.421 bits per heavy atom. The van der Waals surface area contributed by atoms with Gasteiger partial charge in [0.05, 0.1) is 5.56 Å². The molecule has 4 nitrogen and oxygen atoms in total. The molecule has 1 heterocycles. The fourth-order valence-corrected chi connectivity index (χ4v) is 4.47. The van der Waals surface area contributed by atoms with Gasteiger partial charge in [0, 0.05) is 11.1 Å². The predicted molar refractivity (Wildman–Crippen MR) is 153 cm³/mol. The van der Waals surface area contributed by atoms with E-state index in [4.69, 9.17) is 15.0 Å². The maximum Gasteiger partial charge on any atom is 0.167 e. The molecule has 182 valence electrons. The van der Waals surface area contributed by atoms with Crippen molar-refractivity contribution < 1.29 is 5.11 Å². The van der Waals surface area contributed by atoms with Crippen LogP contribution in [0.3, 0.4) is 0 Å². The van der Waals surface area contributed by atoms with Crippen LogP contribution in [0.1, 0.15) is 5.56 Å². The minimum atomic E-state index is 0.137. The zero-order valence-corrected chi connectivity index (χ0v) is 20.9. The first-order chi connectivity index (χ1) is 18.6. The summed E-state index contributed by atoms with van der Waals surface area (Å²) in [6.07, 6.45) is 0. The molecule has 0 amide bonds. The number of phenolic OH excluding ortho intramolecular Hbond substituents is 1. The molecule has 38 heavy (non-hydrogen) atoms. The largest absolute Gasteiger partial charge is 0.507 e. The quantitative estimate of drug-likeness (QED) is 0.264. The molecule has 0 unspecified atom stereocenters. The molecule has 4 heteroatoms. The molecule has 0 aliphatic rings. The lowest BCUT2D eigenvalue weighted by molar-refractivity contribution is 0.476. The molecule has 5 aromatic carbocycles. The van der Waals surface area contributed by atoms with Crippen molar-refractivity contribution in [3.63, 3.8) is 0 Å². The van der Waals surface area contributed by atoms with E-state index in [0.29, 0.717) is 23.0 Å². The van der Waals surface area contributed by atoms with E-state index in [1.807, 2.05) is 79.7 Å². The fourth-order valence-electron chi connectivity index (χ4n) is 4.47. The SMILES string of the molecule is Cc1ccc(O)c(-c2nc(-c3ccc(-c4ccccc4)cc3)nc(-c3ccc(-c4ccccc4)cc3)n2)c1. The van der Waals surface area contributed by atoms with Gasteiger partial charge in [-0.15, -0.1) is 0 Å². The predicted octanol–water partition coefficient (Wildman–Crippen LogP) is 8.22. The van der Waals surface area contributed by atoms with Gasteiger partial charge in [0.25, 0.3) is 0 Å².